The Morgan fingerprint density at radius 1 is 1.21 bits per heavy atom. The fourth-order valence-corrected chi connectivity index (χ4v) is 3.67. The Morgan fingerprint density at radius 3 is 2.59 bits per heavy atom. The zero-order valence-electron chi connectivity index (χ0n) is 18.5. The molecule has 0 spiro atoms. The van der Waals surface area contributed by atoms with E-state index in [-0.39, 0.29) is 24.0 Å². The molecule has 8 nitrogen and oxygen atoms in total. The SMILES string of the molecule is CCOCCCNC(=NCc1nnc(C)n1C)NCC1(CCOC)CCCC1.I. The number of aryl methyl sites for hydroxylation is 1. The summed E-state index contributed by atoms with van der Waals surface area (Å²) in [4.78, 5) is 4.76. The summed E-state index contributed by atoms with van der Waals surface area (Å²) >= 11 is 0. The Bertz CT molecular complexity index is 602. The van der Waals surface area contributed by atoms with Gasteiger partial charge in [-0.05, 0) is 44.9 Å². The topological polar surface area (TPSA) is 85.6 Å². The number of rotatable bonds is 12. The highest BCUT2D eigenvalue weighted by Crippen LogP contribution is 2.40. The first-order valence-electron chi connectivity index (χ1n) is 10.5. The predicted molar refractivity (Wildman–Crippen MR) is 127 cm³/mol. The van der Waals surface area contributed by atoms with Crippen molar-refractivity contribution in [3.8, 4) is 0 Å². The number of methoxy groups -OCH3 is 1. The van der Waals surface area contributed by atoms with Gasteiger partial charge in [-0.15, -0.1) is 34.2 Å². The van der Waals surface area contributed by atoms with E-state index in [1.54, 1.807) is 7.11 Å². The fraction of sp³-hybridized carbons (Fsp3) is 0.850. The van der Waals surface area contributed by atoms with Crippen LogP contribution in [0.5, 0.6) is 0 Å². The largest absolute Gasteiger partial charge is 0.385 e. The van der Waals surface area contributed by atoms with Crippen LogP contribution in [0.15, 0.2) is 4.99 Å². The number of nitrogens with one attached hydrogen (secondary N) is 2. The molecule has 1 fully saturated rings. The fourth-order valence-electron chi connectivity index (χ4n) is 3.67. The van der Waals surface area contributed by atoms with E-state index in [0.717, 1.165) is 63.4 Å². The number of hydrogen-bond acceptors (Lipinski definition) is 5. The summed E-state index contributed by atoms with van der Waals surface area (Å²) in [6.45, 7) is 8.55. The second-order valence-electron chi connectivity index (χ2n) is 7.67. The van der Waals surface area contributed by atoms with Gasteiger partial charge in [0, 0.05) is 47.1 Å². The maximum absolute atomic E-state index is 5.43. The summed E-state index contributed by atoms with van der Waals surface area (Å²) in [6, 6.07) is 0. The Morgan fingerprint density at radius 2 is 1.97 bits per heavy atom. The summed E-state index contributed by atoms with van der Waals surface area (Å²) < 4.78 is 12.8. The number of ether oxygens (including phenoxy) is 2. The zero-order chi connectivity index (χ0) is 20.2. The molecule has 0 unspecified atom stereocenters. The Labute approximate surface area is 192 Å². The zero-order valence-corrected chi connectivity index (χ0v) is 20.8. The number of guanidine groups is 1. The first kappa shape index (κ1) is 26.1. The van der Waals surface area contributed by atoms with E-state index in [2.05, 4.69) is 20.8 Å². The van der Waals surface area contributed by atoms with Gasteiger partial charge < -0.3 is 24.7 Å². The number of aromatic nitrogens is 3. The molecular formula is C20H39IN6O2. The molecule has 1 aliphatic carbocycles. The highest BCUT2D eigenvalue weighted by Gasteiger charge is 2.33. The van der Waals surface area contributed by atoms with Gasteiger partial charge in [0.05, 0.1) is 0 Å². The minimum Gasteiger partial charge on any atom is -0.385 e. The van der Waals surface area contributed by atoms with Crippen molar-refractivity contribution in [1.82, 2.24) is 25.4 Å². The Hall–Kier alpha value is -0.940. The van der Waals surface area contributed by atoms with Crippen molar-refractivity contribution in [3.63, 3.8) is 0 Å². The van der Waals surface area contributed by atoms with Crippen LogP contribution < -0.4 is 10.6 Å². The minimum atomic E-state index is 0. The molecule has 0 radical (unpaired) electrons. The third-order valence-corrected chi connectivity index (χ3v) is 5.65. The highest BCUT2D eigenvalue weighted by atomic mass is 127. The lowest BCUT2D eigenvalue weighted by atomic mass is 9.83. The van der Waals surface area contributed by atoms with Gasteiger partial charge in [0.25, 0.3) is 0 Å². The molecule has 29 heavy (non-hydrogen) atoms. The van der Waals surface area contributed by atoms with Gasteiger partial charge >= 0.3 is 0 Å². The normalized spacial score (nSPS) is 15.9. The molecular weight excluding hydrogens is 483 g/mol. The van der Waals surface area contributed by atoms with Crippen molar-refractivity contribution in [1.29, 1.82) is 0 Å². The summed E-state index contributed by atoms with van der Waals surface area (Å²) in [5, 5.41) is 15.4. The van der Waals surface area contributed by atoms with Crippen LogP contribution in [0.25, 0.3) is 0 Å². The van der Waals surface area contributed by atoms with Crippen molar-refractivity contribution in [3.05, 3.63) is 11.6 Å². The predicted octanol–water partition coefficient (Wildman–Crippen LogP) is 2.80. The molecule has 2 N–H and O–H groups in total. The molecule has 0 saturated heterocycles. The van der Waals surface area contributed by atoms with Gasteiger partial charge in [0.2, 0.25) is 0 Å². The summed E-state index contributed by atoms with van der Waals surface area (Å²) in [5.74, 6) is 2.59. The van der Waals surface area contributed by atoms with E-state index in [1.165, 1.54) is 25.7 Å². The van der Waals surface area contributed by atoms with Gasteiger partial charge in [-0.25, -0.2) is 4.99 Å². The second-order valence-corrected chi connectivity index (χ2v) is 7.67. The quantitative estimate of drug-likeness (QED) is 0.190. The standard InChI is InChI=1S/C20H38N6O2.HI/c1-5-28-13-8-12-21-19(22-15-18-25-24-17(2)26(18)3)23-16-20(11-14-27-4)9-6-7-10-20;/h5-16H2,1-4H3,(H2,21,22,23);1H. The minimum absolute atomic E-state index is 0. The second kappa shape index (κ2) is 14.1. The van der Waals surface area contributed by atoms with Crippen molar-refractivity contribution in [2.45, 2.75) is 58.9 Å². The van der Waals surface area contributed by atoms with Crippen LogP contribution in [-0.4, -0.2) is 60.7 Å². The Balaban J connectivity index is 0.00000420. The first-order chi connectivity index (χ1) is 13.6. The maximum atomic E-state index is 5.43. The lowest BCUT2D eigenvalue weighted by Crippen LogP contribution is -2.44. The van der Waals surface area contributed by atoms with Crippen molar-refractivity contribution in [2.75, 3.05) is 40.0 Å². The smallest absolute Gasteiger partial charge is 0.191 e. The molecule has 0 aliphatic heterocycles. The average molecular weight is 522 g/mol. The van der Waals surface area contributed by atoms with Crippen LogP contribution in [0.2, 0.25) is 0 Å². The van der Waals surface area contributed by atoms with E-state index in [4.69, 9.17) is 14.5 Å². The third kappa shape index (κ3) is 8.75. The van der Waals surface area contributed by atoms with Crippen LogP contribution >= 0.6 is 24.0 Å². The molecule has 9 heteroatoms. The molecule has 2 rings (SSSR count). The van der Waals surface area contributed by atoms with Gasteiger partial charge in [-0.3, -0.25) is 0 Å². The molecule has 1 saturated carbocycles. The monoisotopic (exact) mass is 522 g/mol. The lowest BCUT2D eigenvalue weighted by molar-refractivity contribution is 0.138. The number of halogens is 1. The van der Waals surface area contributed by atoms with E-state index < -0.39 is 0 Å². The van der Waals surface area contributed by atoms with Crippen LogP contribution in [-0.2, 0) is 23.1 Å². The summed E-state index contributed by atoms with van der Waals surface area (Å²) in [5.41, 5.74) is 0.311. The summed E-state index contributed by atoms with van der Waals surface area (Å²) in [7, 11) is 3.76. The maximum Gasteiger partial charge on any atom is 0.191 e. The van der Waals surface area contributed by atoms with E-state index in [9.17, 15) is 0 Å². The molecule has 1 heterocycles. The number of nitrogens with zero attached hydrogens (tertiary/aromatic N) is 4. The van der Waals surface area contributed by atoms with Gasteiger partial charge in [-0.2, -0.15) is 0 Å². The lowest BCUT2D eigenvalue weighted by Gasteiger charge is -2.30. The van der Waals surface area contributed by atoms with Gasteiger partial charge in [0.15, 0.2) is 11.8 Å². The first-order valence-corrected chi connectivity index (χ1v) is 10.5. The van der Waals surface area contributed by atoms with Crippen molar-refractivity contribution in [2.24, 2.45) is 17.5 Å². The van der Waals surface area contributed by atoms with E-state index >= 15 is 0 Å². The molecule has 0 bridgehead atoms. The van der Waals surface area contributed by atoms with Crippen LogP contribution in [0.4, 0.5) is 0 Å². The van der Waals surface area contributed by atoms with Crippen LogP contribution in [0.3, 0.4) is 0 Å². The van der Waals surface area contributed by atoms with Crippen LogP contribution in [0, 0.1) is 12.3 Å². The van der Waals surface area contributed by atoms with E-state index in [1.807, 2.05) is 25.5 Å². The van der Waals surface area contributed by atoms with Crippen LogP contribution in [0.1, 0.15) is 57.1 Å². The van der Waals surface area contributed by atoms with Crippen molar-refractivity contribution >= 4 is 29.9 Å². The van der Waals surface area contributed by atoms with Gasteiger partial charge in [0.1, 0.15) is 12.4 Å². The molecule has 0 aromatic carbocycles. The van der Waals surface area contributed by atoms with Gasteiger partial charge in [-0.1, -0.05) is 12.8 Å². The van der Waals surface area contributed by atoms with E-state index in [0.29, 0.717) is 12.0 Å². The molecule has 1 aliphatic rings. The average Bonchev–Trinajstić information content (AvgIpc) is 3.30. The van der Waals surface area contributed by atoms with Crippen molar-refractivity contribution < 1.29 is 9.47 Å². The molecule has 1 aromatic heterocycles. The molecule has 0 atom stereocenters. The molecule has 1 aromatic rings. The molecule has 0 amide bonds. The number of hydrogen-bond donors (Lipinski definition) is 2. The number of aliphatic imine (C=N–C) groups is 1. The third-order valence-electron chi connectivity index (χ3n) is 5.65. The summed E-state index contributed by atoms with van der Waals surface area (Å²) in [6.07, 6.45) is 7.16. The highest BCUT2D eigenvalue weighted by molar-refractivity contribution is 14.0. The Kier molecular flexibility index (Phi) is 12.7. The molecule has 168 valence electrons.